The van der Waals surface area contributed by atoms with Gasteiger partial charge in [-0.3, -0.25) is 4.79 Å². The number of carbonyl (C=O) groups is 1. The molecule has 0 fully saturated rings. The van der Waals surface area contributed by atoms with Gasteiger partial charge in [0, 0.05) is 18.5 Å². The van der Waals surface area contributed by atoms with Crippen LogP contribution >= 0.6 is 11.3 Å². The van der Waals surface area contributed by atoms with E-state index in [1.807, 2.05) is 48.5 Å². The highest BCUT2D eigenvalue weighted by Gasteiger charge is 2.16. The van der Waals surface area contributed by atoms with Crippen molar-refractivity contribution in [2.45, 2.75) is 13.0 Å². The van der Waals surface area contributed by atoms with Crippen LogP contribution in [0.25, 0.3) is 10.2 Å². The topological polar surface area (TPSA) is 43.3 Å². The number of thiophene rings is 1. The highest BCUT2D eigenvalue weighted by atomic mass is 32.1. The lowest BCUT2D eigenvalue weighted by Crippen LogP contribution is -2.28. The van der Waals surface area contributed by atoms with Gasteiger partial charge in [-0.1, -0.05) is 42.5 Å². The fraction of sp³-hybridized carbons (Fsp3) is 0.174. The van der Waals surface area contributed by atoms with Gasteiger partial charge in [-0.05, 0) is 47.2 Å². The van der Waals surface area contributed by atoms with Crippen molar-refractivity contribution in [3.63, 3.8) is 0 Å². The third-order valence-corrected chi connectivity index (χ3v) is 5.73. The third kappa shape index (κ3) is 3.94. The average Bonchev–Trinajstić information content (AvgIpc) is 3.32. The Morgan fingerprint density at radius 2 is 1.82 bits per heavy atom. The molecule has 0 unspecified atom stereocenters. The molecule has 5 heteroatoms. The average molecular weight is 391 g/mol. The molecule has 0 atom stereocenters. The number of hydrogen-bond acceptors (Lipinski definition) is 3. The predicted molar refractivity (Wildman–Crippen MR) is 114 cm³/mol. The second kappa shape index (κ2) is 8.31. The molecule has 2 heterocycles. The summed E-state index contributed by atoms with van der Waals surface area (Å²) in [5, 5.41) is 6.23. The Morgan fingerprint density at radius 3 is 2.57 bits per heavy atom. The van der Waals surface area contributed by atoms with Crippen molar-refractivity contribution in [3.8, 4) is 5.75 Å². The molecule has 0 bridgehead atoms. The van der Waals surface area contributed by atoms with Crippen LogP contribution in [0.4, 0.5) is 0 Å². The lowest BCUT2D eigenvalue weighted by molar-refractivity contribution is 0.0946. The minimum Gasteiger partial charge on any atom is -0.497 e. The second-order valence-electron chi connectivity index (χ2n) is 6.64. The van der Waals surface area contributed by atoms with Crippen LogP contribution in [0, 0.1) is 0 Å². The van der Waals surface area contributed by atoms with Gasteiger partial charge in [0.05, 0.1) is 7.11 Å². The van der Waals surface area contributed by atoms with Crippen LogP contribution in [-0.4, -0.2) is 24.1 Å². The number of benzene rings is 2. The van der Waals surface area contributed by atoms with Crippen LogP contribution in [-0.2, 0) is 13.0 Å². The van der Waals surface area contributed by atoms with Crippen LogP contribution in [0.2, 0.25) is 0 Å². The molecular formula is C23H22N2O2S. The van der Waals surface area contributed by atoms with E-state index < -0.39 is 0 Å². The standard InChI is InChI=1S/C23H22N2O2S/c1-27-20-9-7-18(8-10-20)16-25-21(15-19-12-14-28-23(19)25)22(26)24-13-11-17-5-3-2-4-6-17/h2-10,12,14-15H,11,13,16H2,1H3,(H,24,26). The number of methoxy groups -OCH3 is 1. The Kier molecular flexibility index (Phi) is 5.44. The van der Waals surface area contributed by atoms with Crippen molar-refractivity contribution in [1.29, 1.82) is 0 Å². The van der Waals surface area contributed by atoms with Crippen molar-refractivity contribution >= 4 is 27.5 Å². The van der Waals surface area contributed by atoms with E-state index in [4.69, 9.17) is 4.74 Å². The molecule has 4 nitrogen and oxygen atoms in total. The molecule has 4 rings (SSSR count). The quantitative estimate of drug-likeness (QED) is 0.496. The minimum absolute atomic E-state index is 0.0344. The molecule has 0 aliphatic carbocycles. The van der Waals surface area contributed by atoms with Gasteiger partial charge in [-0.25, -0.2) is 0 Å². The van der Waals surface area contributed by atoms with Crippen molar-refractivity contribution < 1.29 is 9.53 Å². The van der Waals surface area contributed by atoms with Gasteiger partial charge in [-0.2, -0.15) is 0 Å². The summed E-state index contributed by atoms with van der Waals surface area (Å²) in [6.07, 6.45) is 0.820. The number of nitrogens with zero attached hydrogens (tertiary/aromatic N) is 1. The molecule has 0 radical (unpaired) electrons. The van der Waals surface area contributed by atoms with Gasteiger partial charge in [-0.15, -0.1) is 11.3 Å². The number of aromatic nitrogens is 1. The molecule has 0 aliphatic heterocycles. The van der Waals surface area contributed by atoms with Crippen LogP contribution < -0.4 is 10.1 Å². The van der Waals surface area contributed by atoms with E-state index in [1.165, 1.54) is 5.56 Å². The molecule has 0 spiro atoms. The van der Waals surface area contributed by atoms with Crippen LogP contribution in [0.1, 0.15) is 21.6 Å². The first kappa shape index (κ1) is 18.3. The summed E-state index contributed by atoms with van der Waals surface area (Å²) in [6.45, 7) is 1.26. The first-order valence-electron chi connectivity index (χ1n) is 9.26. The minimum atomic E-state index is -0.0344. The molecule has 1 N–H and O–H groups in total. The summed E-state index contributed by atoms with van der Waals surface area (Å²) >= 11 is 1.66. The van der Waals surface area contributed by atoms with Crippen molar-refractivity contribution in [2.24, 2.45) is 0 Å². The Labute approximate surface area is 168 Å². The monoisotopic (exact) mass is 390 g/mol. The van der Waals surface area contributed by atoms with Crippen molar-refractivity contribution in [1.82, 2.24) is 9.88 Å². The largest absolute Gasteiger partial charge is 0.497 e. The van der Waals surface area contributed by atoms with Crippen LogP contribution in [0.3, 0.4) is 0 Å². The SMILES string of the molecule is COc1ccc(Cn2c(C(=O)NCCc3ccccc3)cc3ccsc32)cc1. The van der Waals surface area contributed by atoms with Crippen molar-refractivity contribution in [2.75, 3.05) is 13.7 Å². The maximum Gasteiger partial charge on any atom is 0.267 e. The number of amides is 1. The first-order chi connectivity index (χ1) is 13.7. The zero-order chi connectivity index (χ0) is 19.3. The van der Waals surface area contributed by atoms with Crippen LogP contribution in [0.15, 0.2) is 72.1 Å². The molecule has 2 aromatic heterocycles. The van der Waals surface area contributed by atoms with E-state index in [0.717, 1.165) is 28.0 Å². The summed E-state index contributed by atoms with van der Waals surface area (Å²) in [4.78, 5) is 14.0. The molecule has 0 saturated heterocycles. The second-order valence-corrected chi connectivity index (χ2v) is 7.53. The van der Waals surface area contributed by atoms with Gasteiger partial charge in [0.15, 0.2) is 0 Å². The van der Waals surface area contributed by atoms with E-state index in [9.17, 15) is 4.79 Å². The van der Waals surface area contributed by atoms with E-state index in [-0.39, 0.29) is 5.91 Å². The maximum atomic E-state index is 12.9. The predicted octanol–water partition coefficient (Wildman–Crippen LogP) is 4.73. The molecule has 0 aliphatic rings. The fourth-order valence-corrected chi connectivity index (χ4v) is 4.19. The molecule has 2 aromatic carbocycles. The van der Waals surface area contributed by atoms with Gasteiger partial charge in [0.1, 0.15) is 16.3 Å². The summed E-state index contributed by atoms with van der Waals surface area (Å²) in [7, 11) is 1.66. The Bertz CT molecular complexity index is 1070. The molecule has 0 saturated carbocycles. The van der Waals surface area contributed by atoms with E-state index in [0.29, 0.717) is 18.8 Å². The van der Waals surface area contributed by atoms with Gasteiger partial charge in [0.25, 0.3) is 5.91 Å². The van der Waals surface area contributed by atoms with E-state index in [1.54, 1.807) is 18.4 Å². The Morgan fingerprint density at radius 1 is 1.04 bits per heavy atom. The summed E-state index contributed by atoms with van der Waals surface area (Å²) in [5.74, 6) is 0.796. The normalized spacial score (nSPS) is 10.9. The zero-order valence-electron chi connectivity index (χ0n) is 15.7. The summed E-state index contributed by atoms with van der Waals surface area (Å²) in [6, 6.07) is 22.2. The highest BCUT2D eigenvalue weighted by molar-refractivity contribution is 7.16. The van der Waals surface area contributed by atoms with Crippen LogP contribution in [0.5, 0.6) is 5.75 Å². The number of carbonyl (C=O) groups excluding carboxylic acids is 1. The molecule has 1 amide bonds. The van der Waals surface area contributed by atoms with E-state index >= 15 is 0 Å². The number of rotatable bonds is 7. The summed E-state index contributed by atoms with van der Waals surface area (Å²) < 4.78 is 7.33. The van der Waals surface area contributed by atoms with Gasteiger partial charge < -0.3 is 14.6 Å². The maximum absolute atomic E-state index is 12.9. The number of fused-ring (bicyclic) bond motifs is 1. The van der Waals surface area contributed by atoms with Gasteiger partial charge in [0.2, 0.25) is 0 Å². The zero-order valence-corrected chi connectivity index (χ0v) is 16.5. The molecule has 28 heavy (non-hydrogen) atoms. The number of ether oxygens (including phenoxy) is 1. The number of hydrogen-bond donors (Lipinski definition) is 1. The lowest BCUT2D eigenvalue weighted by atomic mass is 10.1. The fourth-order valence-electron chi connectivity index (χ4n) is 3.29. The molecular weight excluding hydrogens is 368 g/mol. The smallest absolute Gasteiger partial charge is 0.267 e. The lowest BCUT2D eigenvalue weighted by Gasteiger charge is -2.11. The Balaban J connectivity index is 1.52. The van der Waals surface area contributed by atoms with E-state index in [2.05, 4.69) is 33.5 Å². The first-order valence-corrected chi connectivity index (χ1v) is 10.1. The molecule has 4 aromatic rings. The Hall–Kier alpha value is -3.05. The van der Waals surface area contributed by atoms with Gasteiger partial charge >= 0.3 is 0 Å². The number of nitrogens with one attached hydrogen (secondary N) is 1. The summed E-state index contributed by atoms with van der Waals surface area (Å²) in [5.41, 5.74) is 3.05. The highest BCUT2D eigenvalue weighted by Crippen LogP contribution is 2.27. The molecule has 142 valence electrons. The third-order valence-electron chi connectivity index (χ3n) is 4.78. The van der Waals surface area contributed by atoms with Crippen molar-refractivity contribution in [3.05, 3.63) is 88.9 Å².